The molecular weight excluding hydrogens is 320 g/mol. The van der Waals surface area contributed by atoms with Gasteiger partial charge < -0.3 is 9.88 Å². The molecule has 4 rings (SSSR count). The number of nitrogens with one attached hydrogen (secondary N) is 1. The summed E-state index contributed by atoms with van der Waals surface area (Å²) in [7, 11) is 2.00. The van der Waals surface area contributed by atoms with Crippen LogP contribution in [0.2, 0.25) is 0 Å². The number of aromatic nitrogens is 2. The number of imidazole rings is 1. The third-order valence-electron chi connectivity index (χ3n) is 5.34. The van der Waals surface area contributed by atoms with Crippen molar-refractivity contribution in [3.8, 4) is 0 Å². The SMILES string of the molecule is Cn1cnc2c1[C@@H](C(=O)NCc1cccs1)CN(C1CCCC1)C2. The molecule has 3 heterocycles. The number of fused-ring (bicyclic) bond motifs is 1. The molecule has 0 unspecified atom stereocenters. The predicted molar refractivity (Wildman–Crippen MR) is 94.8 cm³/mol. The van der Waals surface area contributed by atoms with E-state index in [2.05, 4.69) is 21.3 Å². The van der Waals surface area contributed by atoms with Crippen LogP contribution in [-0.2, 0) is 24.9 Å². The zero-order chi connectivity index (χ0) is 16.5. The van der Waals surface area contributed by atoms with Gasteiger partial charge in [-0.2, -0.15) is 0 Å². The number of nitrogens with zero attached hydrogens (tertiary/aromatic N) is 3. The number of carbonyl (C=O) groups is 1. The van der Waals surface area contributed by atoms with E-state index >= 15 is 0 Å². The van der Waals surface area contributed by atoms with E-state index in [1.54, 1.807) is 11.3 Å². The number of amides is 1. The summed E-state index contributed by atoms with van der Waals surface area (Å²) in [5.74, 6) is -0.00207. The van der Waals surface area contributed by atoms with Gasteiger partial charge in [-0.05, 0) is 24.3 Å². The molecule has 2 aliphatic rings. The Bertz CT molecular complexity index is 703. The van der Waals surface area contributed by atoms with Crippen molar-refractivity contribution < 1.29 is 4.79 Å². The maximum atomic E-state index is 12.9. The van der Waals surface area contributed by atoms with Crippen LogP contribution in [0, 0.1) is 0 Å². The van der Waals surface area contributed by atoms with Crippen molar-refractivity contribution in [3.05, 3.63) is 40.1 Å². The first-order chi connectivity index (χ1) is 11.7. The molecule has 0 aromatic carbocycles. The molecular formula is C18H24N4OS. The van der Waals surface area contributed by atoms with Gasteiger partial charge in [-0.1, -0.05) is 18.9 Å². The Kier molecular flexibility index (Phi) is 4.41. The van der Waals surface area contributed by atoms with Crippen LogP contribution in [0.4, 0.5) is 0 Å². The van der Waals surface area contributed by atoms with Gasteiger partial charge in [-0.3, -0.25) is 9.69 Å². The number of carbonyl (C=O) groups excluding carboxylic acids is 1. The standard InChI is InChI=1S/C18H24N4OS/c1-21-12-20-16-11-22(13-5-2-3-6-13)10-15(17(16)21)18(23)19-9-14-7-4-8-24-14/h4,7-8,12-13,15H,2-3,5-6,9-11H2,1H3,(H,19,23)/t15-/m0/s1. The van der Waals surface area contributed by atoms with Crippen LogP contribution in [0.1, 0.15) is 47.9 Å². The average Bonchev–Trinajstić information content (AvgIpc) is 3.34. The number of hydrogen-bond acceptors (Lipinski definition) is 4. The number of rotatable bonds is 4. The molecule has 1 saturated carbocycles. The maximum absolute atomic E-state index is 12.9. The Morgan fingerprint density at radius 3 is 3.00 bits per heavy atom. The smallest absolute Gasteiger partial charge is 0.230 e. The van der Waals surface area contributed by atoms with E-state index in [0.717, 1.165) is 24.5 Å². The fraction of sp³-hybridized carbons (Fsp3) is 0.556. The lowest BCUT2D eigenvalue weighted by atomic mass is 9.95. The van der Waals surface area contributed by atoms with Crippen LogP contribution in [0.25, 0.3) is 0 Å². The third-order valence-corrected chi connectivity index (χ3v) is 6.21. The molecule has 1 N–H and O–H groups in total. The van der Waals surface area contributed by atoms with E-state index in [9.17, 15) is 4.79 Å². The molecule has 2 aromatic heterocycles. The summed E-state index contributed by atoms with van der Waals surface area (Å²) in [6.45, 7) is 2.31. The van der Waals surface area contributed by atoms with Crippen molar-refractivity contribution in [2.24, 2.45) is 7.05 Å². The maximum Gasteiger partial charge on any atom is 0.230 e. The van der Waals surface area contributed by atoms with Crippen molar-refractivity contribution in [1.29, 1.82) is 0 Å². The summed E-state index contributed by atoms with van der Waals surface area (Å²) in [5.41, 5.74) is 2.17. The van der Waals surface area contributed by atoms with E-state index in [1.807, 2.05) is 29.4 Å². The first-order valence-electron chi connectivity index (χ1n) is 8.76. The summed E-state index contributed by atoms with van der Waals surface area (Å²) in [6, 6.07) is 4.70. The Labute approximate surface area is 146 Å². The summed E-state index contributed by atoms with van der Waals surface area (Å²) in [5, 5.41) is 5.17. The zero-order valence-corrected chi connectivity index (χ0v) is 14.9. The normalized spacial score (nSPS) is 21.8. The predicted octanol–water partition coefficient (Wildman–Crippen LogP) is 2.64. The molecule has 2 aromatic rings. The highest BCUT2D eigenvalue weighted by atomic mass is 32.1. The van der Waals surface area contributed by atoms with Gasteiger partial charge in [0.2, 0.25) is 5.91 Å². The van der Waals surface area contributed by atoms with Crippen LogP contribution in [0.3, 0.4) is 0 Å². The van der Waals surface area contributed by atoms with Crippen molar-refractivity contribution in [1.82, 2.24) is 19.8 Å². The van der Waals surface area contributed by atoms with Gasteiger partial charge in [-0.15, -0.1) is 11.3 Å². The first kappa shape index (κ1) is 15.8. The second-order valence-corrected chi connectivity index (χ2v) is 7.94. The van der Waals surface area contributed by atoms with Crippen LogP contribution in [-0.4, -0.2) is 32.9 Å². The summed E-state index contributed by atoms with van der Waals surface area (Å²) in [4.78, 5) is 21.1. The second kappa shape index (κ2) is 6.69. The Morgan fingerprint density at radius 2 is 2.25 bits per heavy atom. The number of aryl methyl sites for hydroxylation is 1. The van der Waals surface area contributed by atoms with Gasteiger partial charge in [0.25, 0.3) is 0 Å². The van der Waals surface area contributed by atoms with E-state index < -0.39 is 0 Å². The van der Waals surface area contributed by atoms with Gasteiger partial charge >= 0.3 is 0 Å². The summed E-state index contributed by atoms with van der Waals surface area (Å²) < 4.78 is 2.02. The Hall–Kier alpha value is -1.66. The molecule has 1 aliphatic carbocycles. The third kappa shape index (κ3) is 3.00. The van der Waals surface area contributed by atoms with Gasteiger partial charge in [0.05, 0.1) is 30.2 Å². The Morgan fingerprint density at radius 1 is 1.42 bits per heavy atom. The van der Waals surface area contributed by atoms with E-state index in [1.165, 1.54) is 30.6 Å². The molecule has 24 heavy (non-hydrogen) atoms. The van der Waals surface area contributed by atoms with Gasteiger partial charge in [0, 0.05) is 31.1 Å². The quantitative estimate of drug-likeness (QED) is 0.928. The van der Waals surface area contributed by atoms with Crippen molar-refractivity contribution in [3.63, 3.8) is 0 Å². The molecule has 5 nitrogen and oxygen atoms in total. The van der Waals surface area contributed by atoms with E-state index in [4.69, 9.17) is 0 Å². The van der Waals surface area contributed by atoms with Crippen molar-refractivity contribution in [2.75, 3.05) is 6.54 Å². The molecule has 0 spiro atoms. The highest BCUT2D eigenvalue weighted by Gasteiger charge is 2.36. The molecule has 0 saturated heterocycles. The Balaban J connectivity index is 1.52. The van der Waals surface area contributed by atoms with Crippen LogP contribution >= 0.6 is 11.3 Å². The topological polar surface area (TPSA) is 50.2 Å². The summed E-state index contributed by atoms with van der Waals surface area (Å²) in [6.07, 6.45) is 6.98. The largest absolute Gasteiger partial charge is 0.351 e. The molecule has 1 amide bonds. The average molecular weight is 344 g/mol. The minimum atomic E-state index is -0.123. The molecule has 0 radical (unpaired) electrons. The number of thiophene rings is 1. The molecule has 6 heteroatoms. The molecule has 0 bridgehead atoms. The lowest BCUT2D eigenvalue weighted by molar-refractivity contribution is -0.123. The molecule has 128 valence electrons. The fourth-order valence-electron chi connectivity index (χ4n) is 4.10. The van der Waals surface area contributed by atoms with E-state index in [0.29, 0.717) is 12.6 Å². The van der Waals surface area contributed by atoms with Crippen molar-refractivity contribution >= 4 is 17.2 Å². The van der Waals surface area contributed by atoms with Crippen LogP contribution in [0.15, 0.2) is 23.8 Å². The van der Waals surface area contributed by atoms with E-state index in [-0.39, 0.29) is 11.8 Å². The highest BCUT2D eigenvalue weighted by Crippen LogP contribution is 2.33. The van der Waals surface area contributed by atoms with Crippen LogP contribution < -0.4 is 5.32 Å². The second-order valence-electron chi connectivity index (χ2n) is 6.90. The zero-order valence-electron chi connectivity index (χ0n) is 14.1. The molecule has 1 atom stereocenters. The fourth-order valence-corrected chi connectivity index (χ4v) is 4.74. The lowest BCUT2D eigenvalue weighted by Gasteiger charge is -2.36. The minimum Gasteiger partial charge on any atom is -0.351 e. The monoisotopic (exact) mass is 344 g/mol. The summed E-state index contributed by atoms with van der Waals surface area (Å²) >= 11 is 1.68. The van der Waals surface area contributed by atoms with Gasteiger partial charge in [-0.25, -0.2) is 4.98 Å². The van der Waals surface area contributed by atoms with Gasteiger partial charge in [0.15, 0.2) is 0 Å². The van der Waals surface area contributed by atoms with Crippen LogP contribution in [0.5, 0.6) is 0 Å². The molecule has 1 aliphatic heterocycles. The molecule has 1 fully saturated rings. The minimum absolute atomic E-state index is 0.121. The van der Waals surface area contributed by atoms with Gasteiger partial charge in [0.1, 0.15) is 0 Å². The number of hydrogen-bond donors (Lipinski definition) is 1. The lowest BCUT2D eigenvalue weighted by Crippen LogP contribution is -2.45. The highest BCUT2D eigenvalue weighted by molar-refractivity contribution is 7.09. The van der Waals surface area contributed by atoms with Crippen molar-refractivity contribution in [2.45, 2.75) is 50.7 Å². The first-order valence-corrected chi connectivity index (χ1v) is 9.64.